The highest BCUT2D eigenvalue weighted by molar-refractivity contribution is 5.96. The first-order valence-electron chi connectivity index (χ1n) is 13.7. The van der Waals surface area contributed by atoms with Crippen molar-refractivity contribution >= 4 is 11.9 Å². The SMILES string of the molecule is CCCCCCCCCCCCCCCCCCCCCC(=O)OC(=O)c1ccc(O)cc1. The van der Waals surface area contributed by atoms with E-state index in [4.69, 9.17) is 4.74 Å². The third-order valence-corrected chi connectivity index (χ3v) is 6.29. The summed E-state index contributed by atoms with van der Waals surface area (Å²) in [6, 6.07) is 5.70. The molecule has 0 aromatic heterocycles. The molecule has 0 aliphatic rings. The fourth-order valence-electron chi connectivity index (χ4n) is 4.16. The molecule has 188 valence electrons. The quantitative estimate of drug-likeness (QED) is 0.113. The van der Waals surface area contributed by atoms with Crippen molar-refractivity contribution in [2.24, 2.45) is 0 Å². The Hall–Kier alpha value is -1.84. The minimum Gasteiger partial charge on any atom is -0.508 e. The monoisotopic (exact) mass is 460 g/mol. The van der Waals surface area contributed by atoms with Crippen LogP contribution in [0.1, 0.15) is 146 Å². The van der Waals surface area contributed by atoms with Crippen LogP contribution in [0.5, 0.6) is 5.75 Å². The van der Waals surface area contributed by atoms with Crippen molar-refractivity contribution in [2.75, 3.05) is 0 Å². The largest absolute Gasteiger partial charge is 0.508 e. The summed E-state index contributed by atoms with van der Waals surface area (Å²) in [6.45, 7) is 2.28. The zero-order chi connectivity index (χ0) is 24.0. The third-order valence-electron chi connectivity index (χ3n) is 6.29. The summed E-state index contributed by atoms with van der Waals surface area (Å²) < 4.78 is 4.85. The summed E-state index contributed by atoms with van der Waals surface area (Å²) in [4.78, 5) is 23.6. The van der Waals surface area contributed by atoms with E-state index in [-0.39, 0.29) is 17.7 Å². The molecule has 0 saturated carbocycles. The number of benzene rings is 1. The second-order valence-corrected chi connectivity index (χ2v) is 9.42. The molecule has 4 heteroatoms. The van der Waals surface area contributed by atoms with Gasteiger partial charge in [0, 0.05) is 6.42 Å². The smallest absolute Gasteiger partial charge is 0.345 e. The number of aromatic hydroxyl groups is 1. The number of ether oxygens (including phenoxy) is 1. The van der Waals surface area contributed by atoms with Crippen LogP contribution >= 0.6 is 0 Å². The number of esters is 2. The molecule has 33 heavy (non-hydrogen) atoms. The van der Waals surface area contributed by atoms with Gasteiger partial charge in [-0.2, -0.15) is 0 Å². The number of rotatable bonds is 21. The molecule has 0 saturated heterocycles. The number of hydrogen-bond acceptors (Lipinski definition) is 4. The first-order valence-corrected chi connectivity index (χ1v) is 13.7. The maximum absolute atomic E-state index is 11.8. The van der Waals surface area contributed by atoms with Crippen molar-refractivity contribution in [3.63, 3.8) is 0 Å². The second kappa shape index (κ2) is 20.7. The van der Waals surface area contributed by atoms with Crippen molar-refractivity contribution in [1.29, 1.82) is 0 Å². The zero-order valence-corrected chi connectivity index (χ0v) is 21.1. The average molecular weight is 461 g/mol. The van der Waals surface area contributed by atoms with Crippen LogP contribution < -0.4 is 0 Å². The van der Waals surface area contributed by atoms with E-state index in [1.807, 2.05) is 0 Å². The topological polar surface area (TPSA) is 63.6 Å². The van der Waals surface area contributed by atoms with E-state index in [0.29, 0.717) is 0 Å². The van der Waals surface area contributed by atoms with Crippen molar-refractivity contribution < 1.29 is 19.4 Å². The number of phenols is 1. The van der Waals surface area contributed by atoms with E-state index in [0.717, 1.165) is 19.3 Å². The van der Waals surface area contributed by atoms with E-state index >= 15 is 0 Å². The van der Waals surface area contributed by atoms with Crippen LogP contribution in [0.25, 0.3) is 0 Å². The summed E-state index contributed by atoms with van der Waals surface area (Å²) in [6.07, 6.45) is 25.3. The van der Waals surface area contributed by atoms with Crippen molar-refractivity contribution in [2.45, 2.75) is 135 Å². The Morgan fingerprint density at radius 2 is 0.970 bits per heavy atom. The van der Waals surface area contributed by atoms with Gasteiger partial charge in [-0.25, -0.2) is 4.79 Å². The van der Waals surface area contributed by atoms with Gasteiger partial charge in [0.15, 0.2) is 0 Å². The first-order chi connectivity index (χ1) is 16.1. The van der Waals surface area contributed by atoms with Crippen molar-refractivity contribution in [3.05, 3.63) is 29.8 Å². The van der Waals surface area contributed by atoms with Gasteiger partial charge in [0.25, 0.3) is 0 Å². The molecule has 1 rings (SSSR count). The van der Waals surface area contributed by atoms with Gasteiger partial charge in [-0.05, 0) is 30.7 Å². The number of carbonyl (C=O) groups excluding carboxylic acids is 2. The molecule has 0 radical (unpaired) electrons. The lowest BCUT2D eigenvalue weighted by atomic mass is 10.0. The molecule has 0 aliphatic carbocycles. The summed E-state index contributed by atoms with van der Waals surface area (Å²) in [5.41, 5.74) is 0.273. The Morgan fingerprint density at radius 3 is 1.36 bits per heavy atom. The second-order valence-electron chi connectivity index (χ2n) is 9.42. The molecule has 1 N–H and O–H groups in total. The molecule has 4 nitrogen and oxygen atoms in total. The fraction of sp³-hybridized carbons (Fsp3) is 0.724. The maximum Gasteiger partial charge on any atom is 0.345 e. The minimum atomic E-state index is -0.655. The molecule has 0 fully saturated rings. The summed E-state index contributed by atoms with van der Waals surface area (Å²) >= 11 is 0. The van der Waals surface area contributed by atoms with E-state index in [9.17, 15) is 14.7 Å². The molecule has 0 spiro atoms. The molecule has 0 amide bonds. The van der Waals surface area contributed by atoms with Gasteiger partial charge in [0.1, 0.15) is 5.75 Å². The van der Waals surface area contributed by atoms with Crippen molar-refractivity contribution in [1.82, 2.24) is 0 Å². The van der Waals surface area contributed by atoms with Gasteiger partial charge in [-0.1, -0.05) is 122 Å². The third kappa shape index (κ3) is 17.3. The molecule has 0 unspecified atom stereocenters. The van der Waals surface area contributed by atoms with E-state index < -0.39 is 11.9 Å². The van der Waals surface area contributed by atoms with Gasteiger partial charge in [0.2, 0.25) is 0 Å². The highest BCUT2D eigenvalue weighted by atomic mass is 16.6. The lowest BCUT2D eigenvalue weighted by Gasteiger charge is -2.04. The molecule has 1 aromatic rings. The Bertz CT molecular complexity index is 609. The number of carbonyl (C=O) groups is 2. The molecular weight excluding hydrogens is 412 g/mol. The predicted molar refractivity (Wildman–Crippen MR) is 137 cm³/mol. The van der Waals surface area contributed by atoms with E-state index in [1.165, 1.54) is 127 Å². The molecule has 0 atom stereocenters. The van der Waals surface area contributed by atoms with Crippen LogP contribution in [0, 0.1) is 0 Å². The van der Waals surface area contributed by atoms with Gasteiger partial charge >= 0.3 is 11.9 Å². The molecule has 1 aromatic carbocycles. The number of phenolic OH excluding ortho intramolecular Hbond substituents is 1. The predicted octanol–water partition coefficient (Wildman–Crippen LogP) is 8.90. The van der Waals surface area contributed by atoms with Gasteiger partial charge in [0.05, 0.1) is 5.56 Å². The standard InChI is InChI=1S/C29H48O4/c1-2-3-4-5-6-7-8-9-10-11-12-13-14-15-16-17-18-19-20-21-28(31)33-29(32)26-22-24-27(30)25-23-26/h22-25,30H,2-21H2,1H3. The van der Waals surface area contributed by atoms with Crippen molar-refractivity contribution in [3.8, 4) is 5.75 Å². The Kier molecular flexibility index (Phi) is 18.4. The highest BCUT2D eigenvalue weighted by Crippen LogP contribution is 2.15. The van der Waals surface area contributed by atoms with E-state index in [2.05, 4.69) is 6.92 Å². The van der Waals surface area contributed by atoms with Crippen LogP contribution in [-0.2, 0) is 9.53 Å². The Morgan fingerprint density at radius 1 is 0.606 bits per heavy atom. The molecule has 0 bridgehead atoms. The van der Waals surface area contributed by atoms with Gasteiger partial charge in [-0.15, -0.1) is 0 Å². The lowest BCUT2D eigenvalue weighted by Crippen LogP contribution is -2.12. The average Bonchev–Trinajstić information content (AvgIpc) is 2.81. The maximum atomic E-state index is 11.8. The normalized spacial score (nSPS) is 10.9. The molecule has 0 heterocycles. The number of unbranched alkanes of at least 4 members (excludes halogenated alkanes) is 18. The minimum absolute atomic E-state index is 0.0759. The molecule has 0 aliphatic heterocycles. The first kappa shape index (κ1) is 29.2. The molecular formula is C29H48O4. The number of hydrogen-bond donors (Lipinski definition) is 1. The summed E-state index contributed by atoms with van der Waals surface area (Å²) in [7, 11) is 0. The Labute approximate surface area is 202 Å². The fourth-order valence-corrected chi connectivity index (χ4v) is 4.16. The van der Waals surface area contributed by atoms with Crippen LogP contribution in [0.2, 0.25) is 0 Å². The van der Waals surface area contributed by atoms with Crippen LogP contribution in [0.3, 0.4) is 0 Å². The summed E-state index contributed by atoms with van der Waals surface area (Å²) in [5, 5.41) is 9.23. The lowest BCUT2D eigenvalue weighted by molar-refractivity contribution is -0.138. The highest BCUT2D eigenvalue weighted by Gasteiger charge is 2.12. The van der Waals surface area contributed by atoms with Crippen LogP contribution in [0.4, 0.5) is 0 Å². The van der Waals surface area contributed by atoms with Gasteiger partial charge < -0.3 is 9.84 Å². The summed E-state index contributed by atoms with van der Waals surface area (Å²) in [5.74, 6) is -1.05. The van der Waals surface area contributed by atoms with Crippen LogP contribution in [-0.4, -0.2) is 17.0 Å². The zero-order valence-electron chi connectivity index (χ0n) is 21.1. The Balaban J connectivity index is 1.80. The van der Waals surface area contributed by atoms with Crippen LogP contribution in [0.15, 0.2) is 24.3 Å². The van der Waals surface area contributed by atoms with Gasteiger partial charge in [-0.3, -0.25) is 4.79 Å². The van der Waals surface area contributed by atoms with E-state index in [1.54, 1.807) is 0 Å².